The molecule has 0 spiro atoms. The lowest BCUT2D eigenvalue weighted by Crippen LogP contribution is -2.28. The summed E-state index contributed by atoms with van der Waals surface area (Å²) in [4.78, 5) is 6.95. The highest BCUT2D eigenvalue weighted by atomic mass is 15.2. The summed E-state index contributed by atoms with van der Waals surface area (Å²) >= 11 is 0. The molecular weight excluding hydrogens is 222 g/mol. The van der Waals surface area contributed by atoms with Gasteiger partial charge in [-0.1, -0.05) is 13.8 Å². The van der Waals surface area contributed by atoms with Crippen LogP contribution in [0.5, 0.6) is 0 Å². The normalized spacial score (nSPS) is 19.2. The van der Waals surface area contributed by atoms with E-state index in [1.54, 1.807) is 6.20 Å². The highest BCUT2D eigenvalue weighted by molar-refractivity contribution is 5.34. The number of rotatable bonds is 5. The Kier molecular flexibility index (Phi) is 4.23. The number of likely N-dealkylation sites (tertiary alicyclic amines) is 1. The van der Waals surface area contributed by atoms with Gasteiger partial charge in [0.1, 0.15) is 0 Å². The van der Waals surface area contributed by atoms with E-state index in [1.165, 1.54) is 32.4 Å². The van der Waals surface area contributed by atoms with Gasteiger partial charge >= 0.3 is 0 Å². The van der Waals surface area contributed by atoms with Crippen LogP contribution in [0.25, 0.3) is 0 Å². The fraction of sp³-hybridized carbons (Fsp3) is 0.667. The zero-order valence-electron chi connectivity index (χ0n) is 11.7. The van der Waals surface area contributed by atoms with Crippen LogP contribution >= 0.6 is 0 Å². The molecule has 1 aromatic rings. The van der Waals surface area contributed by atoms with Crippen LogP contribution in [0.2, 0.25) is 0 Å². The van der Waals surface area contributed by atoms with Crippen molar-refractivity contribution in [2.45, 2.75) is 39.5 Å². The summed E-state index contributed by atoms with van der Waals surface area (Å²) in [6, 6.07) is 3.98. The molecule has 1 saturated heterocycles. The first kappa shape index (κ1) is 13.3. The van der Waals surface area contributed by atoms with E-state index in [1.807, 2.05) is 12.1 Å². The second kappa shape index (κ2) is 5.70. The molecule has 0 radical (unpaired) electrons. The standard InChI is InChI=1S/C15H25N3/c1-3-15(4-2)8-10-18(12-15)9-7-14-6-5-13(16)11-17-14/h5-6,11H,3-4,7-10,12,16H2,1-2H3. The first-order valence-corrected chi connectivity index (χ1v) is 7.10. The van der Waals surface area contributed by atoms with Gasteiger partial charge in [0.2, 0.25) is 0 Å². The number of hydrogen-bond acceptors (Lipinski definition) is 3. The number of nitrogens with two attached hydrogens (primary N) is 1. The smallest absolute Gasteiger partial charge is 0.0501 e. The highest BCUT2D eigenvalue weighted by Crippen LogP contribution is 2.36. The van der Waals surface area contributed by atoms with Gasteiger partial charge in [0.15, 0.2) is 0 Å². The average Bonchev–Trinajstić information content (AvgIpc) is 2.82. The topological polar surface area (TPSA) is 42.1 Å². The minimum absolute atomic E-state index is 0.578. The van der Waals surface area contributed by atoms with Crippen LogP contribution in [0.4, 0.5) is 5.69 Å². The summed E-state index contributed by atoms with van der Waals surface area (Å²) in [7, 11) is 0. The Morgan fingerprint density at radius 1 is 1.33 bits per heavy atom. The molecule has 0 aromatic carbocycles. The third-order valence-electron chi connectivity index (χ3n) is 4.55. The quantitative estimate of drug-likeness (QED) is 0.870. The summed E-state index contributed by atoms with van der Waals surface area (Å²) in [5, 5.41) is 0. The summed E-state index contributed by atoms with van der Waals surface area (Å²) in [6.07, 6.45) is 6.75. The summed E-state index contributed by atoms with van der Waals surface area (Å²) in [6.45, 7) is 8.29. The Bertz CT molecular complexity index is 368. The van der Waals surface area contributed by atoms with Gasteiger partial charge in [-0.25, -0.2) is 0 Å². The molecule has 1 aromatic heterocycles. The SMILES string of the molecule is CCC1(CC)CCN(CCc2ccc(N)cn2)C1. The fourth-order valence-electron chi connectivity index (χ4n) is 2.90. The largest absolute Gasteiger partial charge is 0.397 e. The molecule has 0 bridgehead atoms. The van der Waals surface area contributed by atoms with Crippen LogP contribution < -0.4 is 5.73 Å². The van der Waals surface area contributed by atoms with Crippen molar-refractivity contribution in [3.8, 4) is 0 Å². The van der Waals surface area contributed by atoms with Crippen molar-refractivity contribution in [2.75, 3.05) is 25.4 Å². The lowest BCUT2D eigenvalue weighted by molar-refractivity contribution is 0.241. The monoisotopic (exact) mass is 247 g/mol. The molecule has 1 aliphatic rings. The Hall–Kier alpha value is -1.09. The second-order valence-corrected chi connectivity index (χ2v) is 5.57. The summed E-state index contributed by atoms with van der Waals surface area (Å²) < 4.78 is 0. The third kappa shape index (κ3) is 3.02. The van der Waals surface area contributed by atoms with Crippen LogP contribution in [-0.2, 0) is 6.42 Å². The van der Waals surface area contributed by atoms with Gasteiger partial charge in [-0.05, 0) is 43.4 Å². The Morgan fingerprint density at radius 3 is 2.67 bits per heavy atom. The van der Waals surface area contributed by atoms with Crippen molar-refractivity contribution in [3.05, 3.63) is 24.0 Å². The average molecular weight is 247 g/mol. The molecule has 0 aliphatic carbocycles. The van der Waals surface area contributed by atoms with E-state index in [9.17, 15) is 0 Å². The lowest BCUT2D eigenvalue weighted by Gasteiger charge is -2.26. The number of nitrogens with zero attached hydrogens (tertiary/aromatic N) is 2. The van der Waals surface area contributed by atoms with E-state index in [0.717, 1.165) is 24.3 Å². The van der Waals surface area contributed by atoms with Crippen molar-refractivity contribution < 1.29 is 0 Å². The number of hydrogen-bond donors (Lipinski definition) is 1. The number of nitrogen functional groups attached to an aromatic ring is 1. The Balaban J connectivity index is 1.83. The maximum Gasteiger partial charge on any atom is 0.0501 e. The molecule has 2 N–H and O–H groups in total. The molecule has 0 amide bonds. The minimum Gasteiger partial charge on any atom is -0.397 e. The van der Waals surface area contributed by atoms with Crippen LogP contribution in [0.1, 0.15) is 38.8 Å². The van der Waals surface area contributed by atoms with Crippen molar-refractivity contribution in [3.63, 3.8) is 0 Å². The van der Waals surface area contributed by atoms with Gasteiger partial charge < -0.3 is 10.6 Å². The number of pyridine rings is 1. The molecule has 2 rings (SSSR count). The van der Waals surface area contributed by atoms with Crippen molar-refractivity contribution in [1.29, 1.82) is 0 Å². The Labute approximate surface area is 110 Å². The molecule has 1 aliphatic heterocycles. The van der Waals surface area contributed by atoms with Crippen molar-refractivity contribution >= 4 is 5.69 Å². The number of anilines is 1. The maximum absolute atomic E-state index is 5.64. The highest BCUT2D eigenvalue weighted by Gasteiger charge is 2.34. The van der Waals surface area contributed by atoms with Crippen LogP contribution in [0, 0.1) is 5.41 Å². The first-order valence-electron chi connectivity index (χ1n) is 7.10. The lowest BCUT2D eigenvalue weighted by atomic mass is 9.82. The van der Waals surface area contributed by atoms with Gasteiger partial charge in [0.05, 0.1) is 11.9 Å². The molecule has 2 heterocycles. The van der Waals surface area contributed by atoms with Crippen molar-refractivity contribution in [2.24, 2.45) is 5.41 Å². The van der Waals surface area contributed by atoms with E-state index in [4.69, 9.17) is 5.73 Å². The van der Waals surface area contributed by atoms with Crippen LogP contribution in [-0.4, -0.2) is 29.5 Å². The molecular formula is C15H25N3. The predicted octanol–water partition coefficient (Wildman–Crippen LogP) is 2.72. The summed E-state index contributed by atoms with van der Waals surface area (Å²) in [5.74, 6) is 0. The molecule has 100 valence electrons. The van der Waals surface area contributed by atoms with E-state index < -0.39 is 0 Å². The molecule has 3 heteroatoms. The van der Waals surface area contributed by atoms with Gasteiger partial charge in [-0.15, -0.1) is 0 Å². The molecule has 3 nitrogen and oxygen atoms in total. The van der Waals surface area contributed by atoms with Crippen LogP contribution in [0.3, 0.4) is 0 Å². The van der Waals surface area contributed by atoms with E-state index >= 15 is 0 Å². The Morgan fingerprint density at radius 2 is 2.11 bits per heavy atom. The van der Waals surface area contributed by atoms with E-state index in [2.05, 4.69) is 23.7 Å². The van der Waals surface area contributed by atoms with Crippen LogP contribution in [0.15, 0.2) is 18.3 Å². The molecule has 0 unspecified atom stereocenters. The molecule has 18 heavy (non-hydrogen) atoms. The second-order valence-electron chi connectivity index (χ2n) is 5.57. The minimum atomic E-state index is 0.578. The fourth-order valence-corrected chi connectivity index (χ4v) is 2.90. The summed E-state index contributed by atoms with van der Waals surface area (Å²) in [5.41, 5.74) is 8.12. The van der Waals surface area contributed by atoms with Gasteiger partial charge in [0.25, 0.3) is 0 Å². The number of aromatic nitrogens is 1. The zero-order chi connectivity index (χ0) is 13.0. The zero-order valence-corrected chi connectivity index (χ0v) is 11.7. The van der Waals surface area contributed by atoms with Gasteiger partial charge in [0, 0.05) is 25.2 Å². The predicted molar refractivity (Wildman–Crippen MR) is 76.4 cm³/mol. The van der Waals surface area contributed by atoms with Gasteiger partial charge in [-0.2, -0.15) is 0 Å². The molecule has 0 atom stereocenters. The van der Waals surface area contributed by atoms with Gasteiger partial charge in [-0.3, -0.25) is 4.98 Å². The maximum atomic E-state index is 5.64. The molecule has 0 saturated carbocycles. The van der Waals surface area contributed by atoms with E-state index in [-0.39, 0.29) is 0 Å². The van der Waals surface area contributed by atoms with E-state index in [0.29, 0.717) is 5.41 Å². The molecule has 1 fully saturated rings. The van der Waals surface area contributed by atoms with Crippen molar-refractivity contribution in [1.82, 2.24) is 9.88 Å². The third-order valence-corrected chi connectivity index (χ3v) is 4.55. The first-order chi connectivity index (χ1) is 8.67.